The van der Waals surface area contributed by atoms with E-state index < -0.39 is 10.0 Å². The Kier molecular flexibility index (Phi) is 6.52. The van der Waals surface area contributed by atoms with Crippen LogP contribution in [-0.2, 0) is 19.6 Å². The van der Waals surface area contributed by atoms with Gasteiger partial charge in [0.25, 0.3) is 5.91 Å². The summed E-state index contributed by atoms with van der Waals surface area (Å²) in [6.45, 7) is 7.10. The molecule has 2 N–H and O–H groups in total. The highest BCUT2D eigenvalue weighted by Crippen LogP contribution is 2.22. The Bertz CT molecular complexity index is 752. The number of morpholine rings is 1. The van der Waals surface area contributed by atoms with Gasteiger partial charge in [-0.15, -0.1) is 0 Å². The average molecular weight is 397 g/mol. The predicted octanol–water partition coefficient (Wildman–Crippen LogP) is 0.492. The van der Waals surface area contributed by atoms with E-state index in [1.165, 1.54) is 9.21 Å². The van der Waals surface area contributed by atoms with Gasteiger partial charge in [-0.2, -0.15) is 4.31 Å². The summed E-state index contributed by atoms with van der Waals surface area (Å²) in [4.78, 5) is 13.8. The van der Waals surface area contributed by atoms with Crippen molar-refractivity contribution in [3.63, 3.8) is 0 Å². The molecule has 27 heavy (non-hydrogen) atoms. The summed E-state index contributed by atoms with van der Waals surface area (Å²) in [7, 11) is -3.50. The molecular weight excluding hydrogens is 366 g/mol. The van der Waals surface area contributed by atoms with E-state index in [1.807, 2.05) is 13.8 Å². The second kappa shape index (κ2) is 8.68. The SMILES string of the molecule is C[C@@H]1C[NH+](CC(=O)Nc2cccc(S(=O)(=O)N3CCCCC3)c2)C[C@@H](C)O1. The molecule has 2 atom stereocenters. The Morgan fingerprint density at radius 3 is 2.52 bits per heavy atom. The molecule has 0 radical (unpaired) electrons. The minimum absolute atomic E-state index is 0.112. The third-order valence-electron chi connectivity index (χ3n) is 5.10. The molecule has 3 rings (SSSR count). The van der Waals surface area contributed by atoms with Crippen LogP contribution in [0.3, 0.4) is 0 Å². The van der Waals surface area contributed by atoms with Crippen LogP contribution in [0.25, 0.3) is 0 Å². The monoisotopic (exact) mass is 396 g/mol. The molecule has 2 fully saturated rings. The maximum absolute atomic E-state index is 12.8. The second-order valence-electron chi connectivity index (χ2n) is 7.63. The normalized spacial score (nSPS) is 27.3. The molecule has 150 valence electrons. The number of carbonyl (C=O) groups is 1. The molecule has 2 aliphatic rings. The van der Waals surface area contributed by atoms with Crippen LogP contribution in [0, 0.1) is 0 Å². The van der Waals surface area contributed by atoms with Crippen LogP contribution in [0.5, 0.6) is 0 Å². The number of rotatable bonds is 5. The van der Waals surface area contributed by atoms with Crippen molar-refractivity contribution in [1.29, 1.82) is 0 Å². The Morgan fingerprint density at radius 1 is 1.19 bits per heavy atom. The number of ether oxygens (including phenoxy) is 1. The smallest absolute Gasteiger partial charge is 0.279 e. The van der Waals surface area contributed by atoms with E-state index in [9.17, 15) is 13.2 Å². The van der Waals surface area contributed by atoms with E-state index in [2.05, 4.69) is 5.32 Å². The number of sulfonamides is 1. The molecule has 2 aliphatic heterocycles. The molecule has 1 aromatic rings. The predicted molar refractivity (Wildman–Crippen MR) is 103 cm³/mol. The lowest BCUT2D eigenvalue weighted by Gasteiger charge is -2.31. The van der Waals surface area contributed by atoms with Gasteiger partial charge >= 0.3 is 0 Å². The first-order valence-electron chi connectivity index (χ1n) is 9.73. The number of benzene rings is 1. The average Bonchev–Trinajstić information content (AvgIpc) is 2.61. The topological polar surface area (TPSA) is 80.2 Å². The van der Waals surface area contributed by atoms with Crippen molar-refractivity contribution in [2.75, 3.05) is 38.0 Å². The molecule has 0 saturated carbocycles. The van der Waals surface area contributed by atoms with Crippen molar-refractivity contribution in [2.45, 2.75) is 50.2 Å². The Hall–Kier alpha value is -1.48. The lowest BCUT2D eigenvalue weighted by Crippen LogP contribution is -3.16. The Balaban J connectivity index is 1.64. The highest BCUT2D eigenvalue weighted by molar-refractivity contribution is 7.89. The third kappa shape index (κ3) is 5.28. The van der Waals surface area contributed by atoms with Gasteiger partial charge in [-0.3, -0.25) is 4.79 Å². The molecule has 2 saturated heterocycles. The van der Waals surface area contributed by atoms with Crippen LogP contribution in [-0.4, -0.2) is 63.6 Å². The van der Waals surface area contributed by atoms with E-state index in [0.29, 0.717) is 25.3 Å². The van der Waals surface area contributed by atoms with Crippen LogP contribution in [0.4, 0.5) is 5.69 Å². The van der Waals surface area contributed by atoms with Crippen molar-refractivity contribution in [3.8, 4) is 0 Å². The van der Waals surface area contributed by atoms with E-state index >= 15 is 0 Å². The van der Waals surface area contributed by atoms with Gasteiger partial charge in [-0.25, -0.2) is 8.42 Å². The number of nitrogens with zero attached hydrogens (tertiary/aromatic N) is 1. The molecule has 7 nitrogen and oxygen atoms in total. The summed E-state index contributed by atoms with van der Waals surface area (Å²) in [5, 5.41) is 2.85. The maximum atomic E-state index is 12.8. The zero-order valence-electron chi connectivity index (χ0n) is 16.1. The van der Waals surface area contributed by atoms with Crippen molar-refractivity contribution in [1.82, 2.24) is 4.31 Å². The number of piperidine rings is 1. The first-order valence-corrected chi connectivity index (χ1v) is 11.2. The third-order valence-corrected chi connectivity index (χ3v) is 6.99. The quantitative estimate of drug-likeness (QED) is 0.759. The molecule has 0 aliphatic carbocycles. The minimum Gasteiger partial charge on any atom is -0.364 e. The summed E-state index contributed by atoms with van der Waals surface area (Å²) >= 11 is 0. The number of quaternary nitrogens is 1. The van der Waals surface area contributed by atoms with Crippen LogP contribution < -0.4 is 10.2 Å². The molecule has 0 spiro atoms. The molecule has 2 heterocycles. The van der Waals surface area contributed by atoms with Crippen molar-refractivity contribution < 1.29 is 22.8 Å². The largest absolute Gasteiger partial charge is 0.364 e. The summed E-state index contributed by atoms with van der Waals surface area (Å²) in [5.74, 6) is -0.112. The molecule has 1 aromatic carbocycles. The van der Waals surface area contributed by atoms with Gasteiger partial charge in [-0.05, 0) is 44.9 Å². The van der Waals surface area contributed by atoms with Gasteiger partial charge in [0.1, 0.15) is 25.3 Å². The summed E-state index contributed by atoms with van der Waals surface area (Å²) < 4.78 is 32.9. The van der Waals surface area contributed by atoms with E-state index in [0.717, 1.165) is 32.4 Å². The molecule has 1 amide bonds. The molecule has 0 bridgehead atoms. The fourth-order valence-electron chi connectivity index (χ4n) is 3.95. The first kappa shape index (κ1) is 20.3. The fraction of sp³-hybridized carbons (Fsp3) is 0.632. The minimum atomic E-state index is -3.50. The highest BCUT2D eigenvalue weighted by Gasteiger charge is 2.28. The highest BCUT2D eigenvalue weighted by atomic mass is 32.2. The van der Waals surface area contributed by atoms with Gasteiger partial charge < -0.3 is 15.0 Å². The number of amides is 1. The Labute approximate surface area is 161 Å². The lowest BCUT2D eigenvalue weighted by atomic mass is 10.2. The van der Waals surface area contributed by atoms with E-state index in [4.69, 9.17) is 4.74 Å². The summed E-state index contributed by atoms with van der Waals surface area (Å²) in [6.07, 6.45) is 3.14. The standard InChI is InChI=1S/C19H29N3O4S/c1-15-12-21(13-16(2)26-15)14-19(23)20-17-7-6-8-18(11-17)27(24,25)22-9-4-3-5-10-22/h6-8,11,15-16H,3-5,9-10,12-14H2,1-2H3,(H,20,23)/p+1/t15-,16-/m1/s1. The van der Waals surface area contributed by atoms with E-state index in [1.54, 1.807) is 24.3 Å². The fourth-order valence-corrected chi connectivity index (χ4v) is 5.52. The molecule has 0 aromatic heterocycles. The number of hydrogen-bond donors (Lipinski definition) is 2. The number of anilines is 1. The summed E-state index contributed by atoms with van der Waals surface area (Å²) in [5.41, 5.74) is 0.520. The van der Waals surface area contributed by atoms with Crippen LogP contribution in [0.2, 0.25) is 0 Å². The van der Waals surface area contributed by atoms with E-state index in [-0.39, 0.29) is 23.0 Å². The van der Waals surface area contributed by atoms with Gasteiger partial charge in [0.2, 0.25) is 10.0 Å². The van der Waals surface area contributed by atoms with Gasteiger partial charge in [0.05, 0.1) is 4.90 Å². The second-order valence-corrected chi connectivity index (χ2v) is 9.57. The molecular formula is C19H30N3O4S+. The summed E-state index contributed by atoms with van der Waals surface area (Å²) in [6, 6.07) is 6.56. The van der Waals surface area contributed by atoms with Gasteiger partial charge in [-0.1, -0.05) is 12.5 Å². The maximum Gasteiger partial charge on any atom is 0.279 e. The molecule has 8 heteroatoms. The van der Waals surface area contributed by atoms with Gasteiger partial charge in [0.15, 0.2) is 6.54 Å². The number of hydrogen-bond acceptors (Lipinski definition) is 4. The lowest BCUT2D eigenvalue weighted by molar-refractivity contribution is -0.907. The zero-order chi connectivity index (χ0) is 19.4. The van der Waals surface area contributed by atoms with Crippen LogP contribution >= 0.6 is 0 Å². The zero-order valence-corrected chi connectivity index (χ0v) is 16.9. The van der Waals surface area contributed by atoms with Crippen molar-refractivity contribution in [2.24, 2.45) is 0 Å². The Morgan fingerprint density at radius 2 is 1.85 bits per heavy atom. The number of carbonyl (C=O) groups excluding carboxylic acids is 1. The first-order chi connectivity index (χ1) is 12.8. The molecule has 0 unspecified atom stereocenters. The van der Waals surface area contributed by atoms with Crippen molar-refractivity contribution in [3.05, 3.63) is 24.3 Å². The van der Waals surface area contributed by atoms with Gasteiger partial charge in [0, 0.05) is 18.8 Å². The van der Waals surface area contributed by atoms with Crippen molar-refractivity contribution >= 4 is 21.6 Å². The van der Waals surface area contributed by atoms with Crippen LogP contribution in [0.15, 0.2) is 29.2 Å². The van der Waals surface area contributed by atoms with Crippen LogP contribution in [0.1, 0.15) is 33.1 Å². The number of nitrogens with one attached hydrogen (secondary N) is 2.